The first-order valence-corrected chi connectivity index (χ1v) is 6.23. The summed E-state index contributed by atoms with van der Waals surface area (Å²) in [5, 5.41) is 2.61. The Balaban J connectivity index is 1.98. The Hall–Kier alpha value is -2.09. The molecule has 3 rings (SSSR count). The summed E-state index contributed by atoms with van der Waals surface area (Å²) in [6, 6.07) is 15.2. The molecule has 0 aliphatic carbocycles. The highest BCUT2D eigenvalue weighted by Crippen LogP contribution is 2.16. The van der Waals surface area contributed by atoms with Gasteiger partial charge in [0.25, 0.3) is 5.82 Å². The van der Waals surface area contributed by atoms with E-state index in [-0.39, 0.29) is 0 Å². The number of aromatic nitrogens is 2. The fourth-order valence-corrected chi connectivity index (χ4v) is 2.30. The summed E-state index contributed by atoms with van der Waals surface area (Å²) >= 11 is 0. The second-order valence-corrected chi connectivity index (χ2v) is 4.77. The van der Waals surface area contributed by atoms with Gasteiger partial charge in [0.2, 0.25) is 0 Å². The third-order valence-electron chi connectivity index (χ3n) is 3.56. The van der Waals surface area contributed by atoms with Gasteiger partial charge in [-0.15, -0.1) is 0 Å². The molecule has 2 heteroatoms. The van der Waals surface area contributed by atoms with Crippen molar-refractivity contribution in [2.24, 2.45) is 7.05 Å². The van der Waals surface area contributed by atoms with Crippen LogP contribution >= 0.6 is 0 Å². The van der Waals surface area contributed by atoms with Crippen LogP contribution in [0, 0.1) is 6.92 Å². The van der Waals surface area contributed by atoms with Crippen LogP contribution in [0.25, 0.3) is 10.8 Å². The highest BCUT2D eigenvalue weighted by molar-refractivity contribution is 5.82. The average molecular weight is 237 g/mol. The standard InChI is InChI=1S/C16H17N2/c1-13-17(2)9-10-18(13)12-14-7-8-15-5-3-4-6-16(15)11-14/h3-11H,12H2,1-2H3/q+1. The van der Waals surface area contributed by atoms with E-state index in [1.807, 2.05) is 0 Å². The van der Waals surface area contributed by atoms with Crippen molar-refractivity contribution in [1.29, 1.82) is 0 Å². The van der Waals surface area contributed by atoms with Crippen LogP contribution in [0.1, 0.15) is 11.4 Å². The van der Waals surface area contributed by atoms with Crippen LogP contribution in [0.15, 0.2) is 54.9 Å². The Morgan fingerprint density at radius 3 is 2.56 bits per heavy atom. The van der Waals surface area contributed by atoms with E-state index in [4.69, 9.17) is 0 Å². The predicted molar refractivity (Wildman–Crippen MR) is 73.4 cm³/mol. The van der Waals surface area contributed by atoms with Gasteiger partial charge in [-0.2, -0.15) is 0 Å². The molecule has 2 nitrogen and oxygen atoms in total. The largest absolute Gasteiger partial charge is 0.253 e. The van der Waals surface area contributed by atoms with Crippen LogP contribution in [0.4, 0.5) is 0 Å². The Kier molecular flexibility index (Phi) is 2.63. The van der Waals surface area contributed by atoms with E-state index in [0.29, 0.717) is 0 Å². The third-order valence-corrected chi connectivity index (χ3v) is 3.56. The fourth-order valence-electron chi connectivity index (χ4n) is 2.30. The SMILES string of the molecule is Cc1n(Cc2ccc3ccccc3c2)cc[n+]1C. The maximum atomic E-state index is 2.27. The minimum absolute atomic E-state index is 0.928. The lowest BCUT2D eigenvalue weighted by Gasteiger charge is -2.03. The van der Waals surface area contributed by atoms with Crippen LogP contribution in [0.5, 0.6) is 0 Å². The molecule has 0 atom stereocenters. The van der Waals surface area contributed by atoms with Crippen LogP contribution in [0.2, 0.25) is 0 Å². The van der Waals surface area contributed by atoms with E-state index in [1.165, 1.54) is 22.2 Å². The molecule has 0 fully saturated rings. The van der Waals surface area contributed by atoms with E-state index >= 15 is 0 Å². The summed E-state index contributed by atoms with van der Waals surface area (Å²) in [4.78, 5) is 0. The van der Waals surface area contributed by atoms with Crippen LogP contribution in [-0.2, 0) is 13.6 Å². The molecule has 1 heterocycles. The van der Waals surface area contributed by atoms with Crippen molar-refractivity contribution in [2.75, 3.05) is 0 Å². The van der Waals surface area contributed by atoms with Crippen molar-refractivity contribution in [1.82, 2.24) is 4.57 Å². The van der Waals surface area contributed by atoms with Crippen molar-refractivity contribution < 1.29 is 4.57 Å². The molecule has 3 aromatic rings. The number of hydrogen-bond acceptors (Lipinski definition) is 0. The van der Waals surface area contributed by atoms with E-state index in [0.717, 1.165) is 6.54 Å². The van der Waals surface area contributed by atoms with E-state index < -0.39 is 0 Å². The van der Waals surface area contributed by atoms with Crippen LogP contribution in [-0.4, -0.2) is 4.57 Å². The first-order valence-electron chi connectivity index (χ1n) is 6.23. The van der Waals surface area contributed by atoms with Gasteiger partial charge < -0.3 is 0 Å². The Morgan fingerprint density at radius 2 is 1.83 bits per heavy atom. The molecule has 0 saturated heterocycles. The van der Waals surface area contributed by atoms with Gasteiger partial charge in [0, 0.05) is 6.92 Å². The zero-order valence-electron chi connectivity index (χ0n) is 10.8. The fraction of sp³-hybridized carbons (Fsp3) is 0.188. The smallest absolute Gasteiger partial charge is 0.237 e. The molecule has 0 bridgehead atoms. The highest BCUT2D eigenvalue weighted by atomic mass is 15.1. The van der Waals surface area contributed by atoms with Crippen molar-refractivity contribution in [2.45, 2.75) is 13.5 Å². The first-order chi connectivity index (χ1) is 8.74. The molecular weight excluding hydrogens is 220 g/mol. The van der Waals surface area contributed by atoms with Gasteiger partial charge in [0.1, 0.15) is 18.9 Å². The molecule has 0 radical (unpaired) electrons. The number of benzene rings is 2. The Morgan fingerprint density at radius 1 is 1.06 bits per heavy atom. The number of nitrogens with zero attached hydrogens (tertiary/aromatic N) is 2. The van der Waals surface area contributed by atoms with Gasteiger partial charge in [-0.05, 0) is 22.4 Å². The Bertz CT molecular complexity index is 695. The molecular formula is C16H17N2+. The van der Waals surface area contributed by atoms with E-state index in [1.54, 1.807) is 0 Å². The molecule has 0 unspecified atom stereocenters. The van der Waals surface area contributed by atoms with Crippen molar-refractivity contribution in [3.05, 3.63) is 66.2 Å². The molecule has 2 aromatic carbocycles. The summed E-state index contributed by atoms with van der Waals surface area (Å²) < 4.78 is 4.41. The predicted octanol–water partition coefficient (Wildman–Crippen LogP) is 2.82. The number of imidazole rings is 1. The number of fused-ring (bicyclic) bond motifs is 1. The monoisotopic (exact) mass is 237 g/mol. The molecule has 0 aliphatic heterocycles. The lowest BCUT2D eigenvalue weighted by molar-refractivity contribution is -0.677. The summed E-state index contributed by atoms with van der Waals surface area (Å²) in [7, 11) is 2.08. The maximum Gasteiger partial charge on any atom is 0.253 e. The quantitative estimate of drug-likeness (QED) is 0.606. The minimum atomic E-state index is 0.928. The molecule has 18 heavy (non-hydrogen) atoms. The zero-order chi connectivity index (χ0) is 12.5. The Labute approximate surface area is 107 Å². The first kappa shape index (κ1) is 11.0. The van der Waals surface area contributed by atoms with Crippen molar-refractivity contribution in [3.63, 3.8) is 0 Å². The number of aryl methyl sites for hydroxylation is 1. The molecule has 0 N–H and O–H groups in total. The summed E-state index contributed by atoms with van der Waals surface area (Å²) in [5.74, 6) is 1.27. The van der Waals surface area contributed by atoms with Gasteiger partial charge in [-0.1, -0.05) is 36.4 Å². The van der Waals surface area contributed by atoms with Crippen molar-refractivity contribution >= 4 is 10.8 Å². The van der Waals surface area contributed by atoms with E-state index in [9.17, 15) is 0 Å². The lowest BCUT2D eigenvalue weighted by Crippen LogP contribution is -2.29. The second-order valence-electron chi connectivity index (χ2n) is 4.77. The molecule has 1 aromatic heterocycles. The topological polar surface area (TPSA) is 8.81 Å². The van der Waals surface area contributed by atoms with Crippen LogP contribution < -0.4 is 4.57 Å². The minimum Gasteiger partial charge on any atom is -0.237 e. The van der Waals surface area contributed by atoms with Gasteiger partial charge in [-0.25, -0.2) is 9.13 Å². The molecule has 0 saturated carbocycles. The lowest BCUT2D eigenvalue weighted by atomic mass is 10.1. The molecule has 90 valence electrons. The normalized spacial score (nSPS) is 11.0. The van der Waals surface area contributed by atoms with Gasteiger partial charge in [-0.3, -0.25) is 0 Å². The maximum absolute atomic E-state index is 2.27. The average Bonchev–Trinajstić information content (AvgIpc) is 2.71. The zero-order valence-corrected chi connectivity index (χ0v) is 10.8. The van der Waals surface area contributed by atoms with Gasteiger partial charge >= 0.3 is 0 Å². The third kappa shape index (κ3) is 1.90. The summed E-state index contributed by atoms with van der Waals surface area (Å²) in [5.41, 5.74) is 1.34. The highest BCUT2D eigenvalue weighted by Gasteiger charge is 2.09. The molecule has 0 aliphatic rings. The molecule has 0 amide bonds. The van der Waals surface area contributed by atoms with Crippen molar-refractivity contribution in [3.8, 4) is 0 Å². The van der Waals surface area contributed by atoms with Gasteiger partial charge in [0.15, 0.2) is 0 Å². The van der Waals surface area contributed by atoms with E-state index in [2.05, 4.69) is 78.0 Å². The second kappa shape index (κ2) is 4.30. The molecule has 0 spiro atoms. The van der Waals surface area contributed by atoms with Gasteiger partial charge in [0.05, 0.1) is 7.05 Å². The summed E-state index contributed by atoms with van der Waals surface area (Å²) in [6.07, 6.45) is 4.22. The van der Waals surface area contributed by atoms with Crippen LogP contribution in [0.3, 0.4) is 0 Å². The number of rotatable bonds is 2. The summed E-state index contributed by atoms with van der Waals surface area (Å²) in [6.45, 7) is 3.07. The number of hydrogen-bond donors (Lipinski definition) is 0.